The van der Waals surface area contributed by atoms with Crippen molar-refractivity contribution in [1.82, 2.24) is 0 Å². The predicted molar refractivity (Wildman–Crippen MR) is 103 cm³/mol. The van der Waals surface area contributed by atoms with E-state index in [1.165, 1.54) is 6.92 Å². The number of phenols is 1. The molecule has 1 N–H and O–H groups in total. The summed E-state index contributed by atoms with van der Waals surface area (Å²) in [5.74, 6) is -11.4. The SMILES string of the molecule is CC(=O)C(C)Cc1ccc(OCCCCOc2c(F)c(F)c(F)c(F)c2F)c(C)c1O. The quantitative estimate of drug-likeness (QED) is 0.230. The van der Waals surface area contributed by atoms with Crippen LogP contribution < -0.4 is 9.47 Å². The fourth-order valence-corrected chi connectivity index (χ4v) is 2.80. The van der Waals surface area contributed by atoms with Crippen LogP contribution in [0.5, 0.6) is 17.2 Å². The summed E-state index contributed by atoms with van der Waals surface area (Å²) in [6, 6.07) is 3.34. The zero-order valence-electron chi connectivity index (χ0n) is 17.3. The number of hydrogen-bond donors (Lipinski definition) is 1. The summed E-state index contributed by atoms with van der Waals surface area (Å²) in [4.78, 5) is 11.4. The van der Waals surface area contributed by atoms with Crippen LogP contribution in [-0.2, 0) is 11.2 Å². The van der Waals surface area contributed by atoms with Gasteiger partial charge in [-0.05, 0) is 44.7 Å². The molecule has 0 heterocycles. The van der Waals surface area contributed by atoms with Gasteiger partial charge in [0.2, 0.25) is 29.1 Å². The van der Waals surface area contributed by atoms with Crippen LogP contribution in [0.3, 0.4) is 0 Å². The van der Waals surface area contributed by atoms with Crippen LogP contribution in [-0.4, -0.2) is 24.1 Å². The van der Waals surface area contributed by atoms with E-state index in [2.05, 4.69) is 0 Å². The third-order valence-electron chi connectivity index (χ3n) is 4.90. The Morgan fingerprint density at radius 3 is 2.00 bits per heavy atom. The molecule has 2 aromatic rings. The highest BCUT2D eigenvalue weighted by atomic mass is 19.2. The molecule has 1 atom stereocenters. The number of ketones is 1. The van der Waals surface area contributed by atoms with E-state index >= 15 is 0 Å². The van der Waals surface area contributed by atoms with E-state index < -0.39 is 34.8 Å². The minimum Gasteiger partial charge on any atom is -0.507 e. The molecule has 0 spiro atoms. The third kappa shape index (κ3) is 5.65. The normalized spacial score (nSPS) is 12.0. The lowest BCUT2D eigenvalue weighted by Gasteiger charge is -2.15. The second kappa shape index (κ2) is 10.5. The van der Waals surface area contributed by atoms with Gasteiger partial charge >= 0.3 is 0 Å². The lowest BCUT2D eigenvalue weighted by molar-refractivity contribution is -0.120. The zero-order valence-corrected chi connectivity index (χ0v) is 17.3. The molecule has 0 radical (unpaired) electrons. The highest BCUT2D eigenvalue weighted by molar-refractivity contribution is 5.78. The van der Waals surface area contributed by atoms with Gasteiger partial charge < -0.3 is 14.6 Å². The molecule has 0 amide bonds. The summed E-state index contributed by atoms with van der Waals surface area (Å²) in [7, 11) is 0. The Labute approximate surface area is 176 Å². The van der Waals surface area contributed by atoms with Crippen molar-refractivity contribution in [2.45, 2.75) is 40.0 Å². The van der Waals surface area contributed by atoms with Gasteiger partial charge in [0.25, 0.3) is 0 Å². The molecule has 0 aromatic heterocycles. The molecule has 0 aliphatic heterocycles. The summed E-state index contributed by atoms with van der Waals surface area (Å²) >= 11 is 0. The number of Topliss-reactive ketones (excluding diaryl/α,β-unsaturated/α-hetero) is 1. The number of carbonyl (C=O) groups excluding carboxylic acids is 1. The highest BCUT2D eigenvalue weighted by Crippen LogP contribution is 2.32. The number of carbonyl (C=O) groups is 1. The minimum absolute atomic E-state index is 0.0190. The Kier molecular flexibility index (Phi) is 8.24. The van der Waals surface area contributed by atoms with Gasteiger partial charge in [-0.25, -0.2) is 13.2 Å². The van der Waals surface area contributed by atoms with Crippen LogP contribution >= 0.6 is 0 Å². The van der Waals surface area contributed by atoms with Crippen molar-refractivity contribution in [1.29, 1.82) is 0 Å². The summed E-state index contributed by atoms with van der Waals surface area (Å²) < 4.78 is 76.6. The van der Waals surface area contributed by atoms with Crippen LogP contribution in [0.25, 0.3) is 0 Å². The van der Waals surface area contributed by atoms with Gasteiger partial charge in [0, 0.05) is 11.5 Å². The van der Waals surface area contributed by atoms with E-state index in [1.807, 2.05) is 0 Å². The molecule has 0 saturated carbocycles. The molecule has 2 rings (SSSR count). The van der Waals surface area contributed by atoms with Gasteiger partial charge in [-0.15, -0.1) is 0 Å². The molecule has 0 aliphatic carbocycles. The van der Waals surface area contributed by atoms with Crippen LogP contribution in [0.15, 0.2) is 12.1 Å². The first-order valence-corrected chi connectivity index (χ1v) is 9.65. The number of ether oxygens (including phenoxy) is 2. The van der Waals surface area contributed by atoms with Gasteiger partial charge in [-0.3, -0.25) is 4.79 Å². The van der Waals surface area contributed by atoms with Crippen LogP contribution in [0.1, 0.15) is 37.8 Å². The Morgan fingerprint density at radius 1 is 0.935 bits per heavy atom. The third-order valence-corrected chi connectivity index (χ3v) is 4.90. The van der Waals surface area contributed by atoms with Crippen LogP contribution in [0, 0.1) is 41.9 Å². The monoisotopic (exact) mass is 446 g/mol. The van der Waals surface area contributed by atoms with Gasteiger partial charge in [-0.2, -0.15) is 8.78 Å². The minimum atomic E-state index is -2.24. The van der Waals surface area contributed by atoms with E-state index in [-0.39, 0.29) is 37.1 Å². The van der Waals surface area contributed by atoms with E-state index in [9.17, 15) is 31.9 Å². The van der Waals surface area contributed by atoms with E-state index in [0.717, 1.165) is 0 Å². The number of rotatable bonds is 10. The Morgan fingerprint density at radius 2 is 1.45 bits per heavy atom. The zero-order chi connectivity index (χ0) is 23.3. The number of aromatic hydroxyl groups is 1. The predicted octanol–water partition coefficient (Wildman–Crippen LogP) is 5.40. The molecule has 1 unspecified atom stereocenters. The molecular weight excluding hydrogens is 423 g/mol. The van der Waals surface area contributed by atoms with Gasteiger partial charge in [0.15, 0.2) is 5.75 Å². The first-order chi connectivity index (χ1) is 14.6. The molecular formula is C22H23F5O4. The van der Waals surface area contributed by atoms with Gasteiger partial charge in [0.05, 0.1) is 13.2 Å². The Bertz CT molecular complexity index is 933. The summed E-state index contributed by atoms with van der Waals surface area (Å²) in [5, 5.41) is 10.3. The topological polar surface area (TPSA) is 55.8 Å². The summed E-state index contributed by atoms with van der Waals surface area (Å²) in [6.45, 7) is 4.81. The maximum absolute atomic E-state index is 13.5. The lowest BCUT2D eigenvalue weighted by atomic mass is 9.95. The van der Waals surface area contributed by atoms with Crippen molar-refractivity contribution < 1.29 is 41.3 Å². The molecule has 0 saturated heterocycles. The maximum atomic E-state index is 13.5. The highest BCUT2D eigenvalue weighted by Gasteiger charge is 2.26. The average molecular weight is 446 g/mol. The molecule has 4 nitrogen and oxygen atoms in total. The second-order valence-corrected chi connectivity index (χ2v) is 7.22. The second-order valence-electron chi connectivity index (χ2n) is 7.22. The maximum Gasteiger partial charge on any atom is 0.206 e. The van der Waals surface area contributed by atoms with E-state index in [4.69, 9.17) is 9.47 Å². The molecule has 0 bridgehead atoms. The first kappa shape index (κ1) is 24.4. The molecule has 170 valence electrons. The van der Waals surface area contributed by atoms with Crippen molar-refractivity contribution >= 4 is 5.78 Å². The first-order valence-electron chi connectivity index (χ1n) is 9.65. The molecule has 31 heavy (non-hydrogen) atoms. The Balaban J connectivity index is 1.86. The average Bonchev–Trinajstić information content (AvgIpc) is 2.74. The van der Waals surface area contributed by atoms with Gasteiger partial charge in [0.1, 0.15) is 17.3 Å². The number of hydrogen-bond acceptors (Lipinski definition) is 4. The van der Waals surface area contributed by atoms with E-state index in [0.29, 0.717) is 29.7 Å². The van der Waals surface area contributed by atoms with Crippen molar-refractivity contribution in [2.75, 3.05) is 13.2 Å². The van der Waals surface area contributed by atoms with Crippen molar-refractivity contribution in [3.63, 3.8) is 0 Å². The van der Waals surface area contributed by atoms with Crippen molar-refractivity contribution in [2.24, 2.45) is 5.92 Å². The largest absolute Gasteiger partial charge is 0.507 e. The summed E-state index contributed by atoms with van der Waals surface area (Å²) in [5.41, 5.74) is 1.13. The molecule has 0 aliphatic rings. The number of phenolic OH excluding ortho intramolecular Hbond substituents is 1. The number of unbranched alkanes of at least 4 members (excludes halogenated alkanes) is 1. The number of benzene rings is 2. The smallest absolute Gasteiger partial charge is 0.206 e. The van der Waals surface area contributed by atoms with Gasteiger partial charge in [-0.1, -0.05) is 13.0 Å². The molecule has 9 heteroatoms. The molecule has 0 fully saturated rings. The number of halogens is 5. The van der Waals surface area contributed by atoms with Crippen molar-refractivity contribution in [3.8, 4) is 17.2 Å². The summed E-state index contributed by atoms with van der Waals surface area (Å²) in [6.07, 6.45) is 0.981. The fraction of sp³-hybridized carbons (Fsp3) is 0.409. The molecule has 2 aromatic carbocycles. The Hall–Kier alpha value is -2.84. The fourth-order valence-electron chi connectivity index (χ4n) is 2.80. The lowest BCUT2D eigenvalue weighted by Crippen LogP contribution is -2.10. The van der Waals surface area contributed by atoms with E-state index in [1.54, 1.807) is 26.0 Å². The van der Waals surface area contributed by atoms with Crippen molar-refractivity contribution in [3.05, 3.63) is 52.3 Å². The standard InChI is InChI=1S/C22H23F5O4/c1-11(13(3)28)10-14-6-7-15(12(2)21(14)29)30-8-4-5-9-31-22-19(26)17(24)16(23)18(25)20(22)27/h6-7,11,29H,4-5,8-10H2,1-3H3. The van der Waals surface area contributed by atoms with Crippen LogP contribution in [0.2, 0.25) is 0 Å². The van der Waals surface area contributed by atoms with Crippen LogP contribution in [0.4, 0.5) is 22.0 Å².